The molecule has 5 nitrogen and oxygen atoms in total. The molecule has 0 saturated heterocycles. The molecule has 136 valence electrons. The number of aryl methyl sites for hydroxylation is 1. The maximum atomic E-state index is 13.3. The highest BCUT2D eigenvalue weighted by molar-refractivity contribution is 7.90. The van der Waals surface area contributed by atoms with E-state index in [1.165, 1.54) is 6.26 Å². The average Bonchev–Trinajstić information content (AvgIpc) is 3.30. The van der Waals surface area contributed by atoms with Crippen molar-refractivity contribution < 1.29 is 12.8 Å². The Morgan fingerprint density at radius 1 is 0.889 bits per heavy atom. The Labute approximate surface area is 157 Å². The van der Waals surface area contributed by atoms with Gasteiger partial charge in [0.15, 0.2) is 5.76 Å². The van der Waals surface area contributed by atoms with Crippen molar-refractivity contribution in [2.75, 3.05) is 0 Å². The average molecular weight is 378 g/mol. The maximum absolute atomic E-state index is 13.3. The van der Waals surface area contributed by atoms with Gasteiger partial charge in [0.05, 0.1) is 16.9 Å². The molecule has 0 aliphatic carbocycles. The van der Waals surface area contributed by atoms with Gasteiger partial charge in [-0.3, -0.25) is 0 Å². The van der Waals surface area contributed by atoms with Crippen LogP contribution in [-0.4, -0.2) is 17.6 Å². The molecule has 0 radical (unpaired) electrons. The Hall–Kier alpha value is -3.12. The van der Waals surface area contributed by atoms with Gasteiger partial charge in [-0.05, 0) is 38.1 Å². The van der Waals surface area contributed by atoms with Crippen LogP contribution in [0.1, 0.15) is 11.1 Å². The van der Waals surface area contributed by atoms with Crippen LogP contribution in [0, 0.1) is 13.8 Å². The summed E-state index contributed by atoms with van der Waals surface area (Å²) in [5.74, 6) is 0.456. The van der Waals surface area contributed by atoms with Crippen LogP contribution in [0.2, 0.25) is 0 Å². The summed E-state index contributed by atoms with van der Waals surface area (Å²) in [5, 5.41) is 4.48. The van der Waals surface area contributed by atoms with Gasteiger partial charge in [0.25, 0.3) is 10.0 Å². The minimum absolute atomic E-state index is 0.183. The van der Waals surface area contributed by atoms with Crippen LogP contribution >= 0.6 is 0 Å². The van der Waals surface area contributed by atoms with E-state index >= 15 is 0 Å². The summed E-state index contributed by atoms with van der Waals surface area (Å²) in [5.41, 5.74) is 3.62. The van der Waals surface area contributed by atoms with E-state index in [-0.39, 0.29) is 4.90 Å². The third kappa shape index (κ3) is 2.98. The summed E-state index contributed by atoms with van der Waals surface area (Å²) in [6.07, 6.45) is 1.52. The van der Waals surface area contributed by atoms with Crippen LogP contribution in [0.15, 0.2) is 82.3 Å². The van der Waals surface area contributed by atoms with E-state index in [2.05, 4.69) is 5.10 Å². The Morgan fingerprint density at radius 2 is 1.59 bits per heavy atom. The predicted octanol–water partition coefficient (Wildman–Crippen LogP) is 4.66. The molecule has 0 saturated carbocycles. The van der Waals surface area contributed by atoms with Crippen molar-refractivity contribution in [3.8, 4) is 22.7 Å². The first-order chi connectivity index (χ1) is 13.0. The van der Waals surface area contributed by atoms with Crippen molar-refractivity contribution in [3.05, 3.63) is 84.1 Å². The molecule has 0 bridgehead atoms. The molecule has 4 rings (SSSR count). The quantitative estimate of drug-likeness (QED) is 0.518. The van der Waals surface area contributed by atoms with Gasteiger partial charge < -0.3 is 4.42 Å². The summed E-state index contributed by atoms with van der Waals surface area (Å²) < 4.78 is 33.2. The van der Waals surface area contributed by atoms with Crippen molar-refractivity contribution in [1.82, 2.24) is 9.19 Å². The lowest BCUT2D eigenvalue weighted by molar-refractivity contribution is 0.566. The normalized spacial score (nSPS) is 11.6. The minimum atomic E-state index is -3.88. The fourth-order valence-electron chi connectivity index (χ4n) is 3.02. The lowest BCUT2D eigenvalue weighted by Crippen LogP contribution is -2.16. The first kappa shape index (κ1) is 17.3. The number of aromatic nitrogens is 2. The van der Waals surface area contributed by atoms with Gasteiger partial charge in [0, 0.05) is 11.1 Å². The standard InChI is InChI=1S/C21H18N2O3S/c1-15-10-12-18(13-11-15)27(24,25)23-21(19-9-6-14-26-19)16(2)20(22-23)17-7-4-3-5-8-17/h3-14H,1-2H3. The topological polar surface area (TPSA) is 65.1 Å². The second kappa shape index (κ2) is 6.55. The zero-order valence-electron chi connectivity index (χ0n) is 15.0. The maximum Gasteiger partial charge on any atom is 0.283 e. The summed E-state index contributed by atoms with van der Waals surface area (Å²) in [4.78, 5) is 0.183. The second-order valence-corrected chi connectivity index (χ2v) is 8.09. The molecule has 0 aliphatic rings. The van der Waals surface area contributed by atoms with Crippen molar-refractivity contribution in [2.24, 2.45) is 0 Å². The SMILES string of the molecule is Cc1ccc(S(=O)(=O)n2nc(-c3ccccc3)c(C)c2-c2ccco2)cc1. The molecule has 0 amide bonds. The van der Waals surface area contributed by atoms with E-state index in [9.17, 15) is 8.42 Å². The zero-order valence-corrected chi connectivity index (χ0v) is 15.8. The molecule has 0 fully saturated rings. The van der Waals surface area contributed by atoms with E-state index < -0.39 is 10.0 Å². The van der Waals surface area contributed by atoms with Gasteiger partial charge >= 0.3 is 0 Å². The number of hydrogen-bond acceptors (Lipinski definition) is 4. The molecule has 0 unspecified atom stereocenters. The van der Waals surface area contributed by atoms with Gasteiger partial charge in [0.1, 0.15) is 5.69 Å². The van der Waals surface area contributed by atoms with Gasteiger partial charge in [-0.1, -0.05) is 48.0 Å². The van der Waals surface area contributed by atoms with Crippen LogP contribution in [0.25, 0.3) is 22.7 Å². The summed E-state index contributed by atoms with van der Waals surface area (Å²) in [7, 11) is -3.88. The third-order valence-corrected chi connectivity index (χ3v) is 6.03. The molecular formula is C21H18N2O3S. The first-order valence-corrected chi connectivity index (χ1v) is 9.93. The van der Waals surface area contributed by atoms with Gasteiger partial charge in [0.2, 0.25) is 0 Å². The lowest BCUT2D eigenvalue weighted by Gasteiger charge is -2.08. The zero-order chi connectivity index (χ0) is 19.0. The van der Waals surface area contributed by atoms with Crippen molar-refractivity contribution in [2.45, 2.75) is 18.7 Å². The summed E-state index contributed by atoms with van der Waals surface area (Å²) in [6, 6.07) is 19.7. The molecule has 2 heterocycles. The molecule has 27 heavy (non-hydrogen) atoms. The Morgan fingerprint density at radius 3 is 2.22 bits per heavy atom. The lowest BCUT2D eigenvalue weighted by atomic mass is 10.1. The highest BCUT2D eigenvalue weighted by Crippen LogP contribution is 2.34. The van der Waals surface area contributed by atoms with E-state index in [4.69, 9.17) is 4.42 Å². The van der Waals surface area contributed by atoms with Crippen molar-refractivity contribution in [3.63, 3.8) is 0 Å². The Bertz CT molecular complexity index is 1170. The molecule has 6 heteroatoms. The highest BCUT2D eigenvalue weighted by Gasteiger charge is 2.28. The number of furan rings is 1. The number of nitrogens with zero attached hydrogens (tertiary/aromatic N) is 2. The largest absolute Gasteiger partial charge is 0.463 e. The van der Waals surface area contributed by atoms with Crippen LogP contribution in [0.4, 0.5) is 0 Å². The van der Waals surface area contributed by atoms with Gasteiger partial charge in [-0.25, -0.2) is 0 Å². The van der Waals surface area contributed by atoms with E-state index in [0.29, 0.717) is 17.1 Å². The van der Waals surface area contributed by atoms with E-state index in [1.54, 1.807) is 36.4 Å². The fourth-order valence-corrected chi connectivity index (χ4v) is 4.35. The monoisotopic (exact) mass is 378 g/mol. The third-order valence-electron chi connectivity index (χ3n) is 4.44. The molecule has 0 aliphatic heterocycles. The van der Waals surface area contributed by atoms with Crippen LogP contribution < -0.4 is 0 Å². The van der Waals surface area contributed by atoms with E-state index in [0.717, 1.165) is 20.8 Å². The highest BCUT2D eigenvalue weighted by atomic mass is 32.2. The first-order valence-electron chi connectivity index (χ1n) is 8.49. The minimum Gasteiger partial charge on any atom is -0.463 e. The van der Waals surface area contributed by atoms with Crippen molar-refractivity contribution in [1.29, 1.82) is 0 Å². The van der Waals surface area contributed by atoms with Crippen LogP contribution in [-0.2, 0) is 10.0 Å². The van der Waals surface area contributed by atoms with Gasteiger partial charge in [-0.2, -0.15) is 13.5 Å². The van der Waals surface area contributed by atoms with Crippen molar-refractivity contribution >= 4 is 10.0 Å². The van der Waals surface area contributed by atoms with Gasteiger partial charge in [-0.15, -0.1) is 4.09 Å². The second-order valence-electron chi connectivity index (χ2n) is 6.33. The van der Waals surface area contributed by atoms with Crippen LogP contribution in [0.3, 0.4) is 0 Å². The predicted molar refractivity (Wildman–Crippen MR) is 104 cm³/mol. The number of benzene rings is 2. The molecule has 2 aromatic carbocycles. The molecule has 2 aromatic heterocycles. The summed E-state index contributed by atoms with van der Waals surface area (Å²) >= 11 is 0. The number of rotatable bonds is 4. The molecule has 4 aromatic rings. The smallest absolute Gasteiger partial charge is 0.283 e. The molecule has 0 spiro atoms. The van der Waals surface area contributed by atoms with Crippen LogP contribution in [0.5, 0.6) is 0 Å². The molecule has 0 atom stereocenters. The Balaban J connectivity index is 1.98. The molecular weight excluding hydrogens is 360 g/mol. The Kier molecular flexibility index (Phi) is 4.20. The summed E-state index contributed by atoms with van der Waals surface area (Å²) in [6.45, 7) is 3.77. The fraction of sp³-hybridized carbons (Fsp3) is 0.0952. The number of hydrogen-bond donors (Lipinski definition) is 0. The molecule has 0 N–H and O–H groups in total. The van der Waals surface area contributed by atoms with E-state index in [1.807, 2.05) is 44.2 Å².